The molecule has 0 amide bonds. The van der Waals surface area contributed by atoms with E-state index in [0.29, 0.717) is 12.0 Å². The Bertz CT molecular complexity index is 450. The highest BCUT2D eigenvalue weighted by Crippen LogP contribution is 2.47. The Hall–Kier alpha value is -0.870. The smallest absolute Gasteiger partial charge is 0.0681 e. The van der Waals surface area contributed by atoms with Gasteiger partial charge in [-0.3, -0.25) is 4.68 Å². The molecule has 1 aliphatic heterocycles. The van der Waals surface area contributed by atoms with Gasteiger partial charge in [-0.25, -0.2) is 0 Å². The van der Waals surface area contributed by atoms with E-state index in [9.17, 15) is 0 Å². The van der Waals surface area contributed by atoms with E-state index < -0.39 is 0 Å². The number of rotatable bonds is 5. The van der Waals surface area contributed by atoms with Gasteiger partial charge in [0, 0.05) is 19.2 Å². The zero-order valence-corrected chi connectivity index (χ0v) is 13.7. The van der Waals surface area contributed by atoms with Gasteiger partial charge in [-0.2, -0.15) is 5.10 Å². The molecular formula is C16H29N3O. The van der Waals surface area contributed by atoms with Crippen LogP contribution in [0.5, 0.6) is 0 Å². The minimum absolute atomic E-state index is 0.0566. The number of nitrogens with one attached hydrogen (secondary N) is 1. The highest BCUT2D eigenvalue weighted by Gasteiger charge is 2.49. The molecule has 0 aliphatic carbocycles. The van der Waals surface area contributed by atoms with E-state index in [1.807, 2.05) is 17.9 Å². The van der Waals surface area contributed by atoms with E-state index in [-0.39, 0.29) is 11.2 Å². The molecule has 2 rings (SSSR count). The molecule has 1 aliphatic rings. The molecule has 0 spiro atoms. The van der Waals surface area contributed by atoms with Crippen LogP contribution in [0.3, 0.4) is 0 Å². The minimum atomic E-state index is -0.126. The summed E-state index contributed by atoms with van der Waals surface area (Å²) in [4.78, 5) is 0. The Morgan fingerprint density at radius 1 is 1.45 bits per heavy atom. The van der Waals surface area contributed by atoms with Crippen LogP contribution in [0.4, 0.5) is 0 Å². The quantitative estimate of drug-likeness (QED) is 0.900. The summed E-state index contributed by atoms with van der Waals surface area (Å²) in [6.45, 7) is 12.0. The topological polar surface area (TPSA) is 39.1 Å². The second-order valence-electron chi connectivity index (χ2n) is 7.09. The molecule has 2 atom stereocenters. The Morgan fingerprint density at radius 3 is 2.60 bits per heavy atom. The van der Waals surface area contributed by atoms with Crippen molar-refractivity contribution in [3.05, 3.63) is 18.0 Å². The van der Waals surface area contributed by atoms with E-state index in [0.717, 1.165) is 19.4 Å². The molecule has 1 N–H and O–H groups in total. The largest absolute Gasteiger partial charge is 0.369 e. The fourth-order valence-corrected chi connectivity index (χ4v) is 3.57. The van der Waals surface area contributed by atoms with Gasteiger partial charge >= 0.3 is 0 Å². The molecule has 1 aromatic heterocycles. The molecule has 1 aromatic rings. The summed E-state index contributed by atoms with van der Waals surface area (Å²) >= 11 is 0. The SMILES string of the molecule is CCCNC(c1ccnn1C)C1CC(C)(C)OC1(C)C. The molecule has 0 radical (unpaired) electrons. The third-order valence-corrected chi connectivity index (χ3v) is 4.34. The Labute approximate surface area is 122 Å². The van der Waals surface area contributed by atoms with Gasteiger partial charge < -0.3 is 10.1 Å². The van der Waals surface area contributed by atoms with Gasteiger partial charge in [0.1, 0.15) is 0 Å². The van der Waals surface area contributed by atoms with Crippen molar-refractivity contribution < 1.29 is 4.74 Å². The maximum Gasteiger partial charge on any atom is 0.0681 e. The molecule has 2 heterocycles. The second-order valence-corrected chi connectivity index (χ2v) is 7.09. The number of hydrogen-bond acceptors (Lipinski definition) is 3. The lowest BCUT2D eigenvalue weighted by atomic mass is 9.80. The number of ether oxygens (including phenoxy) is 1. The van der Waals surface area contributed by atoms with E-state index >= 15 is 0 Å². The lowest BCUT2D eigenvalue weighted by Crippen LogP contribution is -2.39. The molecule has 0 bridgehead atoms. The summed E-state index contributed by atoms with van der Waals surface area (Å²) in [5.41, 5.74) is 1.07. The first-order valence-corrected chi connectivity index (χ1v) is 7.68. The van der Waals surface area contributed by atoms with Gasteiger partial charge in [-0.15, -0.1) is 0 Å². The third kappa shape index (κ3) is 3.07. The summed E-state index contributed by atoms with van der Waals surface area (Å²) in [5, 5.41) is 8.04. The van der Waals surface area contributed by atoms with E-state index in [1.165, 1.54) is 5.69 Å². The van der Waals surface area contributed by atoms with Gasteiger partial charge in [0.05, 0.1) is 22.9 Å². The van der Waals surface area contributed by atoms with Gasteiger partial charge in [0.2, 0.25) is 0 Å². The van der Waals surface area contributed by atoms with Crippen LogP contribution < -0.4 is 5.32 Å². The van der Waals surface area contributed by atoms with Crippen molar-refractivity contribution in [1.82, 2.24) is 15.1 Å². The average Bonchev–Trinajstić information content (AvgIpc) is 2.81. The zero-order valence-electron chi connectivity index (χ0n) is 13.7. The van der Waals surface area contributed by atoms with Gasteiger partial charge in [-0.1, -0.05) is 6.92 Å². The Balaban J connectivity index is 2.30. The van der Waals surface area contributed by atoms with Crippen LogP contribution in [0.1, 0.15) is 59.2 Å². The van der Waals surface area contributed by atoms with Crippen LogP contribution in [-0.2, 0) is 11.8 Å². The highest BCUT2D eigenvalue weighted by atomic mass is 16.5. The van der Waals surface area contributed by atoms with E-state index in [4.69, 9.17) is 4.74 Å². The summed E-state index contributed by atoms with van der Waals surface area (Å²) in [6.07, 6.45) is 4.07. The molecular weight excluding hydrogens is 250 g/mol. The van der Waals surface area contributed by atoms with Crippen LogP contribution >= 0.6 is 0 Å². The fraction of sp³-hybridized carbons (Fsp3) is 0.812. The highest BCUT2D eigenvalue weighted by molar-refractivity contribution is 5.13. The molecule has 4 heteroatoms. The minimum Gasteiger partial charge on any atom is -0.369 e. The monoisotopic (exact) mass is 279 g/mol. The molecule has 4 nitrogen and oxygen atoms in total. The van der Waals surface area contributed by atoms with Crippen LogP contribution in [-0.4, -0.2) is 27.5 Å². The summed E-state index contributed by atoms with van der Waals surface area (Å²) < 4.78 is 8.26. The summed E-state index contributed by atoms with van der Waals surface area (Å²) in [7, 11) is 2.02. The lowest BCUT2D eigenvalue weighted by Gasteiger charge is -2.33. The lowest BCUT2D eigenvalue weighted by molar-refractivity contribution is -0.0780. The predicted octanol–water partition coefficient (Wildman–Crippen LogP) is 3.05. The van der Waals surface area contributed by atoms with Crippen molar-refractivity contribution >= 4 is 0 Å². The second kappa shape index (κ2) is 5.49. The molecule has 0 saturated carbocycles. The van der Waals surface area contributed by atoms with Crippen molar-refractivity contribution in [1.29, 1.82) is 0 Å². The number of nitrogens with zero attached hydrogens (tertiary/aromatic N) is 2. The van der Waals surface area contributed by atoms with Gasteiger partial charge in [0.15, 0.2) is 0 Å². The van der Waals surface area contributed by atoms with E-state index in [2.05, 4.69) is 51.1 Å². The average molecular weight is 279 g/mol. The van der Waals surface area contributed by atoms with Crippen molar-refractivity contribution in [2.75, 3.05) is 6.54 Å². The van der Waals surface area contributed by atoms with Crippen LogP contribution in [0.2, 0.25) is 0 Å². The summed E-state index contributed by atoms with van der Waals surface area (Å²) in [6, 6.07) is 2.41. The predicted molar refractivity (Wildman–Crippen MR) is 81.6 cm³/mol. The van der Waals surface area contributed by atoms with Crippen molar-refractivity contribution in [3.8, 4) is 0 Å². The maximum absolute atomic E-state index is 6.28. The fourth-order valence-electron chi connectivity index (χ4n) is 3.57. The number of aryl methyl sites for hydroxylation is 1. The molecule has 1 saturated heterocycles. The van der Waals surface area contributed by atoms with E-state index in [1.54, 1.807) is 0 Å². The van der Waals surface area contributed by atoms with Crippen molar-refractivity contribution in [3.63, 3.8) is 0 Å². The number of aromatic nitrogens is 2. The van der Waals surface area contributed by atoms with Gasteiger partial charge in [0.25, 0.3) is 0 Å². The molecule has 20 heavy (non-hydrogen) atoms. The molecule has 1 fully saturated rings. The van der Waals surface area contributed by atoms with Gasteiger partial charge in [-0.05, 0) is 53.1 Å². The first-order chi connectivity index (χ1) is 9.27. The zero-order chi connectivity index (χ0) is 15.0. The van der Waals surface area contributed by atoms with Crippen molar-refractivity contribution in [2.24, 2.45) is 13.0 Å². The standard InChI is InChI=1S/C16H29N3O/c1-7-9-17-14(13-8-10-18-19(13)6)12-11-15(2,3)20-16(12,4)5/h8,10,12,14,17H,7,9,11H2,1-6H3. The molecule has 0 aromatic carbocycles. The Morgan fingerprint density at radius 2 is 2.15 bits per heavy atom. The maximum atomic E-state index is 6.28. The van der Waals surface area contributed by atoms with Crippen LogP contribution in [0.25, 0.3) is 0 Å². The molecule has 114 valence electrons. The van der Waals surface area contributed by atoms with Crippen LogP contribution in [0, 0.1) is 5.92 Å². The number of hydrogen-bond donors (Lipinski definition) is 1. The van der Waals surface area contributed by atoms with Crippen LogP contribution in [0.15, 0.2) is 12.3 Å². The third-order valence-electron chi connectivity index (χ3n) is 4.34. The normalized spacial score (nSPS) is 25.8. The molecule has 2 unspecified atom stereocenters. The first-order valence-electron chi connectivity index (χ1n) is 7.68. The Kier molecular flexibility index (Phi) is 4.26. The first kappa shape index (κ1) is 15.5. The van der Waals surface area contributed by atoms with Crippen molar-refractivity contribution in [2.45, 2.75) is 64.7 Å². The summed E-state index contributed by atoms with van der Waals surface area (Å²) in [5.74, 6) is 0.444.